The molecule has 2 aromatic rings. The minimum atomic E-state index is -0.937. The Labute approximate surface area is 193 Å². The molecule has 4 bridgehead atoms. The van der Waals surface area contributed by atoms with E-state index < -0.39 is 17.7 Å². The standard InChI is InChI=1S/C27H30F2N2O2/c1-16(22-6-7-23(28)24(29)11-22)31-25(32)21-4-2-17(3-5-21)15-30-26(33)27-12-18-8-19(13-27)10-20(9-18)14-27/h2-7,11,16,18-20H,8-10,12-15H2,1H3,(H,30,33)(H,31,32). The van der Waals surface area contributed by atoms with Crippen molar-refractivity contribution in [2.45, 2.75) is 58.0 Å². The summed E-state index contributed by atoms with van der Waals surface area (Å²) < 4.78 is 26.6. The molecular weight excluding hydrogens is 422 g/mol. The van der Waals surface area contributed by atoms with Gasteiger partial charge in [0.05, 0.1) is 6.04 Å². The van der Waals surface area contributed by atoms with E-state index in [1.54, 1.807) is 19.1 Å². The Hall–Kier alpha value is -2.76. The Bertz CT molecular complexity index is 1030. The highest BCUT2D eigenvalue weighted by Gasteiger charge is 2.54. The third kappa shape index (κ3) is 4.40. The minimum Gasteiger partial charge on any atom is -0.352 e. The van der Waals surface area contributed by atoms with Crippen LogP contribution in [0.15, 0.2) is 42.5 Å². The molecule has 0 saturated heterocycles. The second-order valence-electron chi connectivity index (χ2n) is 10.4. The number of halogens is 2. The highest BCUT2D eigenvalue weighted by Crippen LogP contribution is 2.60. The van der Waals surface area contributed by atoms with Crippen molar-refractivity contribution in [1.29, 1.82) is 0 Å². The lowest BCUT2D eigenvalue weighted by molar-refractivity contribution is -0.146. The summed E-state index contributed by atoms with van der Waals surface area (Å²) in [6.07, 6.45) is 7.06. The highest BCUT2D eigenvalue weighted by molar-refractivity contribution is 5.94. The van der Waals surface area contributed by atoms with Crippen molar-refractivity contribution in [3.8, 4) is 0 Å². The summed E-state index contributed by atoms with van der Waals surface area (Å²) in [5, 5.41) is 5.97. The smallest absolute Gasteiger partial charge is 0.251 e. The van der Waals surface area contributed by atoms with Gasteiger partial charge in [-0.2, -0.15) is 0 Å². The molecule has 6 heteroatoms. The fourth-order valence-electron chi connectivity index (χ4n) is 6.68. The van der Waals surface area contributed by atoms with E-state index in [9.17, 15) is 18.4 Å². The third-order valence-corrected chi connectivity index (χ3v) is 7.98. The maximum Gasteiger partial charge on any atom is 0.251 e. The van der Waals surface area contributed by atoms with Gasteiger partial charge in [-0.25, -0.2) is 8.78 Å². The van der Waals surface area contributed by atoms with Gasteiger partial charge in [-0.1, -0.05) is 18.2 Å². The molecule has 4 fully saturated rings. The number of nitrogens with one attached hydrogen (secondary N) is 2. The largest absolute Gasteiger partial charge is 0.352 e. The number of benzene rings is 2. The van der Waals surface area contributed by atoms with Gasteiger partial charge in [0.15, 0.2) is 11.6 Å². The van der Waals surface area contributed by atoms with Gasteiger partial charge in [0.25, 0.3) is 5.91 Å². The van der Waals surface area contributed by atoms with Gasteiger partial charge in [-0.05, 0) is 98.6 Å². The number of rotatable bonds is 6. The van der Waals surface area contributed by atoms with Crippen LogP contribution in [0.4, 0.5) is 8.78 Å². The van der Waals surface area contributed by atoms with Crippen molar-refractivity contribution in [2.75, 3.05) is 0 Å². The zero-order chi connectivity index (χ0) is 23.2. The van der Waals surface area contributed by atoms with Crippen LogP contribution in [-0.2, 0) is 11.3 Å². The lowest BCUT2D eigenvalue weighted by atomic mass is 9.49. The zero-order valence-corrected chi connectivity index (χ0v) is 18.9. The molecule has 0 radical (unpaired) electrons. The Balaban J connectivity index is 1.16. The maximum absolute atomic E-state index is 13.5. The van der Waals surface area contributed by atoms with Gasteiger partial charge in [0.1, 0.15) is 0 Å². The molecule has 33 heavy (non-hydrogen) atoms. The van der Waals surface area contributed by atoms with Crippen LogP contribution in [0.2, 0.25) is 0 Å². The molecule has 2 amide bonds. The molecule has 1 unspecified atom stereocenters. The van der Waals surface area contributed by atoms with E-state index in [2.05, 4.69) is 10.6 Å². The van der Waals surface area contributed by atoms with E-state index in [0.717, 1.165) is 54.7 Å². The Kier molecular flexibility index (Phi) is 5.71. The summed E-state index contributed by atoms with van der Waals surface area (Å²) >= 11 is 0. The summed E-state index contributed by atoms with van der Waals surface area (Å²) in [6.45, 7) is 2.17. The average Bonchev–Trinajstić information content (AvgIpc) is 2.78. The maximum atomic E-state index is 13.5. The van der Waals surface area contributed by atoms with E-state index in [1.807, 2.05) is 12.1 Å². The van der Waals surface area contributed by atoms with Gasteiger partial charge in [0, 0.05) is 17.5 Å². The lowest BCUT2D eigenvalue weighted by Gasteiger charge is -2.55. The van der Waals surface area contributed by atoms with E-state index in [4.69, 9.17) is 0 Å². The molecule has 2 aromatic carbocycles. The van der Waals surface area contributed by atoms with E-state index in [1.165, 1.54) is 25.3 Å². The van der Waals surface area contributed by atoms with Crippen LogP contribution >= 0.6 is 0 Å². The minimum absolute atomic E-state index is 0.162. The Morgan fingerprint density at radius 2 is 1.55 bits per heavy atom. The second-order valence-corrected chi connectivity index (χ2v) is 10.4. The van der Waals surface area contributed by atoms with Gasteiger partial charge in [-0.15, -0.1) is 0 Å². The quantitative estimate of drug-likeness (QED) is 0.626. The predicted molar refractivity (Wildman–Crippen MR) is 121 cm³/mol. The lowest BCUT2D eigenvalue weighted by Crippen LogP contribution is -2.53. The van der Waals surface area contributed by atoms with Gasteiger partial charge in [-0.3, -0.25) is 9.59 Å². The van der Waals surface area contributed by atoms with Crippen LogP contribution in [0.3, 0.4) is 0 Å². The van der Waals surface area contributed by atoms with Crippen molar-refractivity contribution < 1.29 is 18.4 Å². The van der Waals surface area contributed by atoms with Gasteiger partial charge in [0.2, 0.25) is 5.91 Å². The van der Waals surface area contributed by atoms with Crippen molar-refractivity contribution in [1.82, 2.24) is 10.6 Å². The zero-order valence-electron chi connectivity index (χ0n) is 18.9. The van der Waals surface area contributed by atoms with Gasteiger partial charge < -0.3 is 10.6 Å². The first-order valence-corrected chi connectivity index (χ1v) is 11.9. The van der Waals surface area contributed by atoms with Crippen LogP contribution in [0.5, 0.6) is 0 Å². The molecule has 2 N–H and O–H groups in total. The van der Waals surface area contributed by atoms with E-state index >= 15 is 0 Å². The number of amides is 2. The molecule has 4 aliphatic carbocycles. The van der Waals surface area contributed by atoms with Crippen LogP contribution in [0, 0.1) is 34.8 Å². The number of carbonyl (C=O) groups is 2. The molecule has 6 rings (SSSR count). The third-order valence-electron chi connectivity index (χ3n) is 7.98. The average molecular weight is 453 g/mol. The first kappa shape index (κ1) is 22.1. The van der Waals surface area contributed by atoms with Crippen molar-refractivity contribution in [3.05, 3.63) is 70.8 Å². The second kappa shape index (κ2) is 8.54. The molecule has 0 spiro atoms. The monoisotopic (exact) mass is 452 g/mol. The van der Waals surface area contributed by atoms with Crippen molar-refractivity contribution in [2.24, 2.45) is 23.2 Å². The number of hydrogen-bond acceptors (Lipinski definition) is 2. The first-order valence-electron chi connectivity index (χ1n) is 11.9. The number of carbonyl (C=O) groups excluding carboxylic acids is 2. The first-order chi connectivity index (χ1) is 15.8. The predicted octanol–water partition coefficient (Wildman–Crippen LogP) is 5.29. The summed E-state index contributed by atoms with van der Waals surface area (Å²) in [7, 11) is 0. The summed E-state index contributed by atoms with van der Waals surface area (Å²) in [4.78, 5) is 25.7. The van der Waals surface area contributed by atoms with Crippen LogP contribution in [-0.4, -0.2) is 11.8 Å². The van der Waals surface area contributed by atoms with Crippen LogP contribution in [0.1, 0.15) is 73.0 Å². The fraction of sp³-hybridized carbons (Fsp3) is 0.481. The summed E-state index contributed by atoms with van der Waals surface area (Å²) in [5.74, 6) is 0.243. The highest BCUT2D eigenvalue weighted by atomic mass is 19.2. The molecule has 4 saturated carbocycles. The van der Waals surface area contributed by atoms with Crippen molar-refractivity contribution in [3.63, 3.8) is 0 Å². The van der Waals surface area contributed by atoms with Gasteiger partial charge >= 0.3 is 0 Å². The summed E-state index contributed by atoms with van der Waals surface area (Å²) in [6, 6.07) is 10.3. The molecule has 4 nitrogen and oxygen atoms in total. The molecule has 4 aliphatic rings. The topological polar surface area (TPSA) is 58.2 Å². The number of hydrogen-bond donors (Lipinski definition) is 2. The Morgan fingerprint density at radius 1 is 0.939 bits per heavy atom. The molecule has 174 valence electrons. The summed E-state index contributed by atoms with van der Waals surface area (Å²) in [5.41, 5.74) is 1.75. The normalized spacial score (nSPS) is 28.4. The van der Waals surface area contributed by atoms with Crippen molar-refractivity contribution >= 4 is 11.8 Å². The molecule has 0 aromatic heterocycles. The molecule has 1 atom stereocenters. The van der Waals surface area contributed by atoms with E-state index in [0.29, 0.717) is 17.7 Å². The molecular formula is C27H30F2N2O2. The Morgan fingerprint density at radius 3 is 2.12 bits per heavy atom. The molecule has 0 aliphatic heterocycles. The SMILES string of the molecule is CC(NC(=O)c1ccc(CNC(=O)C23CC4CC(CC(C4)C2)C3)cc1)c1ccc(F)c(F)c1. The van der Waals surface area contributed by atoms with E-state index in [-0.39, 0.29) is 17.2 Å². The van der Waals surface area contributed by atoms with Crippen LogP contribution < -0.4 is 10.6 Å². The van der Waals surface area contributed by atoms with Crippen LogP contribution in [0.25, 0.3) is 0 Å². The fourth-order valence-corrected chi connectivity index (χ4v) is 6.68. The molecule has 0 heterocycles.